The third-order valence-corrected chi connectivity index (χ3v) is 3.81. The minimum atomic E-state index is -0.0814. The molecule has 0 spiro atoms. The molecule has 1 unspecified atom stereocenters. The van der Waals surface area contributed by atoms with Crippen molar-refractivity contribution in [1.82, 2.24) is 4.90 Å². The van der Waals surface area contributed by atoms with Crippen molar-refractivity contribution >= 4 is 23.2 Å². The lowest BCUT2D eigenvalue weighted by atomic mass is 10.1. The molecule has 2 rings (SSSR count). The van der Waals surface area contributed by atoms with Crippen LogP contribution in [0.5, 0.6) is 0 Å². The molecule has 0 aromatic heterocycles. The van der Waals surface area contributed by atoms with E-state index in [9.17, 15) is 4.79 Å². The number of piperazine rings is 1. The molecule has 1 saturated heterocycles. The first-order valence-corrected chi connectivity index (χ1v) is 6.99. The zero-order valence-electron chi connectivity index (χ0n) is 11.2. The molecule has 1 fully saturated rings. The summed E-state index contributed by atoms with van der Waals surface area (Å²) in [6.07, 6.45) is 0. The Morgan fingerprint density at radius 3 is 2.37 bits per heavy atom. The first-order chi connectivity index (χ1) is 9.11. The molecule has 19 heavy (non-hydrogen) atoms. The van der Waals surface area contributed by atoms with Gasteiger partial charge < -0.3 is 15.5 Å². The molecule has 4 nitrogen and oxygen atoms in total. The van der Waals surface area contributed by atoms with E-state index in [0.717, 1.165) is 36.9 Å². The predicted molar refractivity (Wildman–Crippen MR) is 78.5 cm³/mol. The van der Waals surface area contributed by atoms with Crippen LogP contribution in [0, 0.1) is 5.92 Å². The average Bonchev–Trinajstić information content (AvgIpc) is 2.46. The second-order valence-corrected chi connectivity index (χ2v) is 5.36. The van der Waals surface area contributed by atoms with E-state index in [1.54, 1.807) is 0 Å². The van der Waals surface area contributed by atoms with Crippen molar-refractivity contribution in [1.29, 1.82) is 0 Å². The summed E-state index contributed by atoms with van der Waals surface area (Å²) in [5.74, 6) is 0.0836. The highest BCUT2D eigenvalue weighted by atomic mass is 35.5. The monoisotopic (exact) mass is 281 g/mol. The molecule has 1 amide bonds. The maximum atomic E-state index is 12.0. The van der Waals surface area contributed by atoms with Crippen molar-refractivity contribution in [3.63, 3.8) is 0 Å². The quantitative estimate of drug-likeness (QED) is 0.915. The zero-order valence-corrected chi connectivity index (χ0v) is 11.9. The molecular weight excluding hydrogens is 262 g/mol. The summed E-state index contributed by atoms with van der Waals surface area (Å²) in [6, 6.07) is 7.82. The molecule has 1 aromatic rings. The van der Waals surface area contributed by atoms with Gasteiger partial charge in [0.25, 0.3) is 0 Å². The first-order valence-electron chi connectivity index (χ1n) is 6.61. The Morgan fingerprint density at radius 1 is 1.26 bits per heavy atom. The Balaban J connectivity index is 1.92. The number of hydrogen-bond donors (Lipinski definition) is 1. The van der Waals surface area contributed by atoms with Crippen LogP contribution in [0.25, 0.3) is 0 Å². The molecule has 0 saturated carbocycles. The minimum absolute atomic E-state index is 0.0814. The van der Waals surface area contributed by atoms with E-state index in [1.807, 2.05) is 36.1 Å². The standard InChI is InChI=1S/C14H20ClN3O/c1-11(10-16)14(19)18-8-6-17(7-9-18)13-4-2-12(15)3-5-13/h2-5,11H,6-10,16H2,1H3. The molecule has 104 valence electrons. The zero-order chi connectivity index (χ0) is 13.8. The van der Waals surface area contributed by atoms with Crippen molar-refractivity contribution < 1.29 is 4.79 Å². The number of nitrogens with two attached hydrogens (primary N) is 1. The average molecular weight is 282 g/mol. The summed E-state index contributed by atoms with van der Waals surface area (Å²) < 4.78 is 0. The third kappa shape index (κ3) is 3.39. The number of rotatable bonds is 3. The minimum Gasteiger partial charge on any atom is -0.368 e. The second-order valence-electron chi connectivity index (χ2n) is 4.93. The number of nitrogens with zero attached hydrogens (tertiary/aromatic N) is 2. The van der Waals surface area contributed by atoms with E-state index >= 15 is 0 Å². The Labute approximate surface area is 119 Å². The molecule has 1 aromatic carbocycles. The number of amides is 1. The third-order valence-electron chi connectivity index (χ3n) is 3.56. The van der Waals surface area contributed by atoms with Crippen LogP contribution in [0.2, 0.25) is 5.02 Å². The molecule has 2 N–H and O–H groups in total. The van der Waals surface area contributed by atoms with Gasteiger partial charge in [-0.2, -0.15) is 0 Å². The molecule has 1 aliphatic rings. The molecule has 1 aliphatic heterocycles. The smallest absolute Gasteiger partial charge is 0.226 e. The van der Waals surface area contributed by atoms with E-state index < -0.39 is 0 Å². The van der Waals surface area contributed by atoms with Gasteiger partial charge in [0.05, 0.1) is 0 Å². The number of carbonyl (C=O) groups is 1. The molecule has 1 atom stereocenters. The van der Waals surface area contributed by atoms with Crippen molar-refractivity contribution in [2.75, 3.05) is 37.6 Å². The predicted octanol–water partition coefficient (Wildman–Crippen LogP) is 1.58. The summed E-state index contributed by atoms with van der Waals surface area (Å²) in [5.41, 5.74) is 6.70. The van der Waals surface area contributed by atoms with E-state index in [-0.39, 0.29) is 11.8 Å². The Morgan fingerprint density at radius 2 is 1.84 bits per heavy atom. The summed E-state index contributed by atoms with van der Waals surface area (Å²) >= 11 is 5.88. The van der Waals surface area contributed by atoms with Gasteiger partial charge in [-0.1, -0.05) is 18.5 Å². The highest BCUT2D eigenvalue weighted by Gasteiger charge is 2.24. The van der Waals surface area contributed by atoms with Gasteiger partial charge in [-0.25, -0.2) is 0 Å². The Kier molecular flexibility index (Phi) is 4.66. The number of anilines is 1. The van der Waals surface area contributed by atoms with Crippen molar-refractivity contribution in [3.8, 4) is 0 Å². The summed E-state index contributed by atoms with van der Waals surface area (Å²) in [6.45, 7) is 5.51. The fourth-order valence-corrected chi connectivity index (χ4v) is 2.38. The maximum absolute atomic E-state index is 12.0. The van der Waals surface area contributed by atoms with E-state index in [4.69, 9.17) is 17.3 Å². The highest BCUT2D eigenvalue weighted by molar-refractivity contribution is 6.30. The van der Waals surface area contributed by atoms with Gasteiger partial charge in [-0.15, -0.1) is 0 Å². The van der Waals surface area contributed by atoms with Gasteiger partial charge in [0.15, 0.2) is 0 Å². The van der Waals surface area contributed by atoms with Gasteiger partial charge >= 0.3 is 0 Å². The van der Waals surface area contributed by atoms with Crippen LogP contribution in [0.15, 0.2) is 24.3 Å². The second kappa shape index (κ2) is 6.26. The van der Waals surface area contributed by atoms with Crippen molar-refractivity contribution in [2.24, 2.45) is 11.7 Å². The normalized spacial score (nSPS) is 17.4. The van der Waals surface area contributed by atoms with Crippen LogP contribution in [0.3, 0.4) is 0 Å². The Bertz CT molecular complexity index is 427. The lowest BCUT2D eigenvalue weighted by Crippen LogP contribution is -2.50. The fraction of sp³-hybridized carbons (Fsp3) is 0.500. The largest absolute Gasteiger partial charge is 0.368 e. The van der Waals surface area contributed by atoms with Gasteiger partial charge in [0.2, 0.25) is 5.91 Å². The lowest BCUT2D eigenvalue weighted by molar-refractivity contribution is -0.134. The number of benzene rings is 1. The van der Waals surface area contributed by atoms with Gasteiger partial charge in [-0.3, -0.25) is 4.79 Å². The van der Waals surface area contributed by atoms with Crippen LogP contribution in [-0.4, -0.2) is 43.5 Å². The molecule has 0 aliphatic carbocycles. The summed E-state index contributed by atoms with van der Waals surface area (Å²) in [5, 5.41) is 0.745. The van der Waals surface area contributed by atoms with E-state index in [0.29, 0.717) is 6.54 Å². The van der Waals surface area contributed by atoms with Gasteiger partial charge in [0.1, 0.15) is 0 Å². The Hall–Kier alpha value is -1.26. The topological polar surface area (TPSA) is 49.6 Å². The van der Waals surface area contributed by atoms with Crippen LogP contribution in [0.4, 0.5) is 5.69 Å². The van der Waals surface area contributed by atoms with Crippen molar-refractivity contribution in [3.05, 3.63) is 29.3 Å². The number of hydrogen-bond acceptors (Lipinski definition) is 3. The number of halogens is 1. The van der Waals surface area contributed by atoms with Crippen LogP contribution in [-0.2, 0) is 4.79 Å². The summed E-state index contributed by atoms with van der Waals surface area (Å²) in [4.78, 5) is 16.2. The molecule has 5 heteroatoms. The van der Waals surface area contributed by atoms with Crippen LogP contribution in [0.1, 0.15) is 6.92 Å². The molecule has 0 radical (unpaired) electrons. The maximum Gasteiger partial charge on any atom is 0.226 e. The van der Waals surface area contributed by atoms with Gasteiger partial charge in [-0.05, 0) is 24.3 Å². The van der Waals surface area contributed by atoms with Crippen LogP contribution < -0.4 is 10.6 Å². The summed E-state index contributed by atoms with van der Waals surface area (Å²) in [7, 11) is 0. The van der Waals surface area contributed by atoms with E-state index in [1.165, 1.54) is 0 Å². The number of carbonyl (C=O) groups excluding carboxylic acids is 1. The van der Waals surface area contributed by atoms with Crippen molar-refractivity contribution in [2.45, 2.75) is 6.92 Å². The lowest BCUT2D eigenvalue weighted by Gasteiger charge is -2.37. The van der Waals surface area contributed by atoms with E-state index in [2.05, 4.69) is 4.90 Å². The van der Waals surface area contributed by atoms with Crippen LogP contribution >= 0.6 is 11.6 Å². The fourth-order valence-electron chi connectivity index (χ4n) is 2.25. The highest BCUT2D eigenvalue weighted by Crippen LogP contribution is 2.19. The molecular formula is C14H20ClN3O. The van der Waals surface area contributed by atoms with Gasteiger partial charge in [0, 0.05) is 49.4 Å². The first kappa shape index (κ1) is 14.2. The molecule has 0 bridgehead atoms. The molecule has 1 heterocycles. The SMILES string of the molecule is CC(CN)C(=O)N1CCN(c2ccc(Cl)cc2)CC1.